The van der Waals surface area contributed by atoms with Gasteiger partial charge >= 0.3 is 0 Å². The Morgan fingerprint density at radius 2 is 1.81 bits per heavy atom. The minimum absolute atomic E-state index is 0.340. The highest BCUT2D eigenvalue weighted by Gasteiger charge is 2.32. The van der Waals surface area contributed by atoms with Crippen molar-refractivity contribution < 1.29 is 4.74 Å². The molecule has 0 saturated carbocycles. The molecule has 3 aromatic heterocycles. The molecule has 3 aromatic rings. The van der Waals surface area contributed by atoms with Crippen LogP contribution in [0.5, 0.6) is 0 Å². The Morgan fingerprint density at radius 3 is 2.53 bits per heavy atom. The molecular weight excluding hydrogens is 454 g/mol. The summed E-state index contributed by atoms with van der Waals surface area (Å²) in [6.45, 7) is 8.31. The number of piperidine rings is 1. The lowest BCUT2D eigenvalue weighted by atomic mass is 10.00. The van der Waals surface area contributed by atoms with Crippen LogP contribution in [0.1, 0.15) is 44.3 Å². The molecule has 10 nitrogen and oxygen atoms in total. The normalized spacial score (nSPS) is 21.2. The number of rotatable bonds is 6. The van der Waals surface area contributed by atoms with Crippen molar-refractivity contribution in [1.29, 1.82) is 0 Å². The summed E-state index contributed by atoms with van der Waals surface area (Å²) in [6.07, 6.45) is 10.8. The highest BCUT2D eigenvalue weighted by Crippen LogP contribution is 2.32. The molecule has 3 aliphatic heterocycles. The number of nitrogen functional groups attached to an aromatic ring is 1. The lowest BCUT2D eigenvalue weighted by Crippen LogP contribution is -2.59. The fourth-order valence-electron chi connectivity index (χ4n) is 5.79. The maximum Gasteiger partial charge on any atom is 0.151 e. The number of aromatic nitrogens is 5. The van der Waals surface area contributed by atoms with Crippen molar-refractivity contribution in [3.63, 3.8) is 0 Å². The van der Waals surface area contributed by atoms with Gasteiger partial charge in [-0.3, -0.25) is 9.58 Å². The molecule has 10 heteroatoms. The van der Waals surface area contributed by atoms with Crippen LogP contribution in [0, 0.1) is 0 Å². The maximum atomic E-state index is 6.27. The van der Waals surface area contributed by atoms with Crippen molar-refractivity contribution in [3.8, 4) is 11.1 Å². The molecule has 0 bridgehead atoms. The van der Waals surface area contributed by atoms with Crippen LogP contribution in [-0.2, 0) is 11.2 Å². The predicted molar refractivity (Wildman–Crippen MR) is 141 cm³/mol. The van der Waals surface area contributed by atoms with E-state index in [1.54, 1.807) is 0 Å². The van der Waals surface area contributed by atoms with E-state index in [4.69, 9.17) is 25.5 Å². The number of hydrogen-bond acceptors (Lipinski definition) is 9. The summed E-state index contributed by atoms with van der Waals surface area (Å²) in [7, 11) is 2.20. The van der Waals surface area contributed by atoms with Gasteiger partial charge in [0.1, 0.15) is 16.9 Å². The van der Waals surface area contributed by atoms with Gasteiger partial charge in [-0.25, -0.2) is 15.0 Å². The van der Waals surface area contributed by atoms with Crippen molar-refractivity contribution in [2.75, 3.05) is 57.5 Å². The van der Waals surface area contributed by atoms with E-state index in [1.807, 2.05) is 12.4 Å². The zero-order chi connectivity index (χ0) is 24.6. The number of nitrogens with two attached hydrogens (primary N) is 1. The number of anilines is 2. The van der Waals surface area contributed by atoms with E-state index in [2.05, 4.69) is 45.0 Å². The third-order valence-electron chi connectivity index (χ3n) is 8.04. The lowest BCUT2D eigenvalue weighted by molar-refractivity contribution is 0.0296. The first-order valence-electron chi connectivity index (χ1n) is 13.4. The van der Waals surface area contributed by atoms with E-state index in [-0.39, 0.29) is 0 Å². The van der Waals surface area contributed by atoms with Crippen molar-refractivity contribution in [2.24, 2.45) is 0 Å². The van der Waals surface area contributed by atoms with Crippen molar-refractivity contribution in [1.82, 2.24) is 34.5 Å². The van der Waals surface area contributed by atoms with Crippen molar-refractivity contribution >= 4 is 22.7 Å². The molecule has 3 N–H and O–H groups in total. The quantitative estimate of drug-likeness (QED) is 0.537. The Balaban J connectivity index is 1.26. The summed E-state index contributed by atoms with van der Waals surface area (Å²) in [5.41, 5.74) is 10.5. The van der Waals surface area contributed by atoms with E-state index in [0.717, 1.165) is 92.6 Å². The number of fused-ring (bicyclic) bond motifs is 1. The van der Waals surface area contributed by atoms with Gasteiger partial charge < -0.3 is 20.7 Å². The molecule has 3 saturated heterocycles. The third-order valence-corrected chi connectivity index (χ3v) is 8.04. The second-order valence-electron chi connectivity index (χ2n) is 10.5. The zero-order valence-electron chi connectivity index (χ0n) is 21.4. The molecule has 6 heterocycles. The molecule has 36 heavy (non-hydrogen) atoms. The fourth-order valence-corrected chi connectivity index (χ4v) is 5.79. The first-order valence-corrected chi connectivity index (χ1v) is 13.4. The third kappa shape index (κ3) is 4.53. The van der Waals surface area contributed by atoms with E-state index in [9.17, 15) is 0 Å². The summed E-state index contributed by atoms with van der Waals surface area (Å²) < 4.78 is 7.66. The van der Waals surface area contributed by atoms with Crippen LogP contribution in [0.4, 0.5) is 11.6 Å². The van der Waals surface area contributed by atoms with Gasteiger partial charge in [-0.05, 0) is 39.2 Å². The first kappa shape index (κ1) is 23.6. The Bertz CT molecular complexity index is 1210. The minimum atomic E-state index is 0.340. The van der Waals surface area contributed by atoms with Gasteiger partial charge in [0.2, 0.25) is 0 Å². The molecule has 3 aliphatic rings. The van der Waals surface area contributed by atoms with Gasteiger partial charge in [0, 0.05) is 75.0 Å². The van der Waals surface area contributed by atoms with Crippen molar-refractivity contribution in [2.45, 2.75) is 57.2 Å². The minimum Gasteiger partial charge on any atom is -0.382 e. The summed E-state index contributed by atoms with van der Waals surface area (Å²) in [4.78, 5) is 19.5. The molecule has 0 atom stereocenters. The predicted octanol–water partition coefficient (Wildman–Crippen LogP) is 2.57. The van der Waals surface area contributed by atoms with Gasteiger partial charge in [-0.15, -0.1) is 0 Å². The molecule has 0 aromatic carbocycles. The molecule has 0 unspecified atom stereocenters. The average molecular weight is 492 g/mol. The number of pyridine rings is 1. The summed E-state index contributed by atoms with van der Waals surface area (Å²) in [5.74, 6) is 1.25. The molecule has 0 amide bonds. The SMILES string of the molecule is CCc1nc2c(N)ncc(-c3cnn(C4CCN(C5CN(C)C5)CC4)c3)c2nc1NC1CCOCC1. The maximum absolute atomic E-state index is 6.27. The summed E-state index contributed by atoms with van der Waals surface area (Å²) in [6, 6.07) is 1.49. The number of aryl methyl sites for hydroxylation is 1. The first-order chi connectivity index (χ1) is 17.6. The average Bonchev–Trinajstić information content (AvgIpc) is 3.38. The van der Waals surface area contributed by atoms with Gasteiger partial charge in [-0.2, -0.15) is 5.10 Å². The van der Waals surface area contributed by atoms with Crippen LogP contribution in [0.2, 0.25) is 0 Å². The van der Waals surface area contributed by atoms with Gasteiger partial charge in [0.15, 0.2) is 5.82 Å². The van der Waals surface area contributed by atoms with Gasteiger partial charge in [-0.1, -0.05) is 6.92 Å². The monoisotopic (exact) mass is 491 g/mol. The van der Waals surface area contributed by atoms with Gasteiger partial charge in [0.25, 0.3) is 0 Å². The Hall–Kier alpha value is -2.82. The molecule has 192 valence electrons. The van der Waals surface area contributed by atoms with E-state index in [0.29, 0.717) is 23.4 Å². The largest absolute Gasteiger partial charge is 0.382 e. The fraction of sp³-hybridized carbons (Fsp3) is 0.615. The molecule has 0 aliphatic carbocycles. The Labute approximate surface area is 212 Å². The Morgan fingerprint density at radius 1 is 1.03 bits per heavy atom. The number of nitrogens with zero attached hydrogens (tertiary/aromatic N) is 7. The standard InChI is InChI=1S/C26H37N9O/c1-3-22-26(30-18-6-10-36-11-7-18)32-23-21(13-28-25(27)24(23)31-22)17-12-29-35(14-17)19-4-8-34(9-5-19)20-15-33(2)16-20/h12-14,18-20H,3-11,15-16H2,1-2H3,(H2,27,28)(H,30,32). The second kappa shape index (κ2) is 9.91. The van der Waals surface area contributed by atoms with E-state index in [1.165, 1.54) is 13.1 Å². The van der Waals surface area contributed by atoms with Crippen LogP contribution in [0.15, 0.2) is 18.6 Å². The number of hydrogen-bond donors (Lipinski definition) is 2. The lowest BCUT2D eigenvalue weighted by Gasteiger charge is -2.46. The number of likely N-dealkylation sites (tertiary alicyclic amines) is 2. The topological polar surface area (TPSA) is 110 Å². The van der Waals surface area contributed by atoms with Gasteiger partial charge in [0.05, 0.1) is 17.9 Å². The molecular formula is C26H37N9O. The highest BCUT2D eigenvalue weighted by molar-refractivity contribution is 5.96. The molecule has 0 spiro atoms. The molecule has 0 radical (unpaired) electrons. The van der Waals surface area contributed by atoms with Crippen LogP contribution in [0.3, 0.4) is 0 Å². The zero-order valence-corrected chi connectivity index (χ0v) is 21.4. The molecule has 3 fully saturated rings. The van der Waals surface area contributed by atoms with Crippen LogP contribution in [0.25, 0.3) is 22.2 Å². The number of nitrogens with one attached hydrogen (secondary N) is 1. The Kier molecular flexibility index (Phi) is 6.49. The molecule has 6 rings (SSSR count). The van der Waals surface area contributed by atoms with Crippen LogP contribution < -0.4 is 11.1 Å². The highest BCUT2D eigenvalue weighted by atomic mass is 16.5. The number of likely N-dealkylation sites (N-methyl/N-ethyl adjacent to an activating group) is 1. The smallest absolute Gasteiger partial charge is 0.151 e. The van der Waals surface area contributed by atoms with Crippen LogP contribution in [-0.4, -0.2) is 93.1 Å². The van der Waals surface area contributed by atoms with E-state index < -0.39 is 0 Å². The number of ether oxygens (including phenoxy) is 1. The second-order valence-corrected chi connectivity index (χ2v) is 10.5. The van der Waals surface area contributed by atoms with E-state index >= 15 is 0 Å². The van der Waals surface area contributed by atoms with Crippen molar-refractivity contribution in [3.05, 3.63) is 24.3 Å². The van der Waals surface area contributed by atoms with Crippen LogP contribution >= 0.6 is 0 Å². The summed E-state index contributed by atoms with van der Waals surface area (Å²) >= 11 is 0. The summed E-state index contributed by atoms with van der Waals surface area (Å²) in [5, 5.41) is 8.39.